The van der Waals surface area contributed by atoms with Crippen LogP contribution in [-0.4, -0.2) is 80.9 Å². The number of rotatable bonds is 13. The van der Waals surface area contributed by atoms with Gasteiger partial charge in [-0.05, 0) is 43.9 Å². The van der Waals surface area contributed by atoms with Crippen LogP contribution in [-0.2, 0) is 42.1 Å². The largest absolute Gasteiger partial charge is 0.480 e. The molecule has 14 nitrogen and oxygen atoms in total. The second-order valence-electron chi connectivity index (χ2n) is 9.42. The first-order valence-corrected chi connectivity index (χ1v) is 15.2. The fourth-order valence-electron chi connectivity index (χ4n) is 4.49. The molecule has 2 unspecified atom stereocenters. The van der Waals surface area contributed by atoms with Gasteiger partial charge in [-0.1, -0.05) is 41.9 Å². The van der Waals surface area contributed by atoms with Crippen LogP contribution in [0.25, 0.3) is 0 Å². The smallest absolute Gasteiger partial charge is 0.326 e. The highest BCUT2D eigenvalue weighted by molar-refractivity contribution is 7.89. The molecular weight excluding hydrogens is 602 g/mol. The van der Waals surface area contributed by atoms with Crippen molar-refractivity contribution in [3.63, 3.8) is 0 Å². The van der Waals surface area contributed by atoms with Gasteiger partial charge in [0.25, 0.3) is 11.3 Å². The van der Waals surface area contributed by atoms with E-state index in [1.165, 1.54) is 6.92 Å². The van der Waals surface area contributed by atoms with Crippen LogP contribution in [0, 0.1) is 0 Å². The van der Waals surface area contributed by atoms with Gasteiger partial charge in [-0.25, -0.2) is 22.1 Å². The van der Waals surface area contributed by atoms with E-state index in [2.05, 4.69) is 14.8 Å². The van der Waals surface area contributed by atoms with Crippen LogP contribution in [0.3, 0.4) is 0 Å². The minimum atomic E-state index is -4.41. The number of likely N-dealkylation sites (tertiary alicyclic amines) is 1. The van der Waals surface area contributed by atoms with Crippen molar-refractivity contribution in [3.05, 3.63) is 53.1 Å². The zero-order valence-corrected chi connectivity index (χ0v) is 24.1. The van der Waals surface area contributed by atoms with Crippen molar-refractivity contribution in [1.29, 1.82) is 0 Å². The molecule has 0 aromatic heterocycles. The van der Waals surface area contributed by atoms with Crippen LogP contribution >= 0.6 is 11.6 Å². The van der Waals surface area contributed by atoms with Gasteiger partial charge < -0.3 is 20.8 Å². The number of nitrogens with zero attached hydrogens (tertiary/aromatic N) is 1. The molecule has 3 rings (SSSR count). The molecule has 41 heavy (non-hydrogen) atoms. The first-order valence-electron chi connectivity index (χ1n) is 12.2. The van der Waals surface area contributed by atoms with E-state index in [1.54, 1.807) is 0 Å². The SMILES string of the molecule is C[C@H](N[C@@H](CCc1ccccc1)C(=O)O)C(=O)N1C[C@@H](NS(=O)(=O)c2cc(NS(=O)O)c(N)cc2Cl)CC1C(=O)O. The van der Waals surface area contributed by atoms with Crippen LogP contribution in [0.2, 0.25) is 5.02 Å². The van der Waals surface area contributed by atoms with Gasteiger partial charge in [-0.15, -0.1) is 0 Å². The van der Waals surface area contributed by atoms with Gasteiger partial charge in [0.2, 0.25) is 15.9 Å². The third-order valence-corrected chi connectivity index (χ3v) is 8.85. The molecule has 17 heteroatoms. The average Bonchev–Trinajstić information content (AvgIpc) is 3.31. The topological polar surface area (TPSA) is 228 Å². The maximum Gasteiger partial charge on any atom is 0.326 e. The second-order valence-corrected chi connectivity index (χ2v) is 12.2. The average molecular weight is 632 g/mol. The molecule has 0 aliphatic carbocycles. The maximum atomic E-state index is 13.2. The highest BCUT2D eigenvalue weighted by Crippen LogP contribution is 2.31. The Kier molecular flexibility index (Phi) is 10.7. The standard InChI is InChI=1S/C24H30ClN5O9S2/c1-13(27-18(23(32)33)8-7-14-5-3-2-4-6-14)22(31)30-12-15(9-20(30)24(34)35)29-41(38,39)21-11-19(28-40(36)37)17(26)10-16(21)25/h2-6,10-11,13,15,18,20,27-29H,7-9,12,26H2,1H3,(H,32,33)(H,34,35)(H,36,37)/t13-,15-,18-,20?/m0/s1. The number of carbonyl (C=O) groups excluding carboxylic acids is 1. The van der Waals surface area contributed by atoms with Crippen molar-refractivity contribution in [3.8, 4) is 0 Å². The number of anilines is 2. The highest BCUT2D eigenvalue weighted by Gasteiger charge is 2.43. The second kappa shape index (κ2) is 13.6. The van der Waals surface area contributed by atoms with Gasteiger partial charge >= 0.3 is 11.9 Å². The highest BCUT2D eigenvalue weighted by atomic mass is 35.5. The summed E-state index contributed by atoms with van der Waals surface area (Å²) in [5.41, 5.74) is 6.36. The molecule has 1 amide bonds. The molecule has 224 valence electrons. The lowest BCUT2D eigenvalue weighted by Crippen LogP contribution is -2.53. The van der Waals surface area contributed by atoms with Gasteiger partial charge in [0.1, 0.15) is 17.0 Å². The fraction of sp³-hybridized carbons (Fsp3) is 0.375. The number of carboxylic acids is 2. The summed E-state index contributed by atoms with van der Waals surface area (Å²) < 4.78 is 50.8. The number of nitrogen functional groups attached to an aromatic ring is 1. The van der Waals surface area contributed by atoms with Crippen LogP contribution in [0.15, 0.2) is 47.4 Å². The molecule has 5 atom stereocenters. The zero-order valence-electron chi connectivity index (χ0n) is 21.7. The molecule has 0 bridgehead atoms. The Labute approximate surface area is 243 Å². The molecule has 0 radical (unpaired) electrons. The van der Waals surface area contributed by atoms with Crippen LogP contribution < -0.4 is 20.5 Å². The molecule has 1 aliphatic heterocycles. The van der Waals surface area contributed by atoms with Gasteiger partial charge in [0.15, 0.2) is 0 Å². The van der Waals surface area contributed by atoms with Gasteiger partial charge in [0.05, 0.1) is 22.4 Å². The van der Waals surface area contributed by atoms with Crippen molar-refractivity contribution in [1.82, 2.24) is 14.9 Å². The lowest BCUT2D eigenvalue weighted by Gasteiger charge is -2.27. The minimum Gasteiger partial charge on any atom is -0.480 e. The molecule has 1 saturated heterocycles. The Morgan fingerprint density at radius 3 is 2.44 bits per heavy atom. The van der Waals surface area contributed by atoms with Crippen molar-refractivity contribution in [2.75, 3.05) is 17.0 Å². The lowest BCUT2D eigenvalue weighted by molar-refractivity contribution is -0.149. The molecule has 8 N–H and O–H groups in total. The van der Waals surface area contributed by atoms with Crippen LogP contribution in [0.5, 0.6) is 0 Å². The maximum absolute atomic E-state index is 13.2. The van der Waals surface area contributed by atoms with E-state index in [0.29, 0.717) is 6.42 Å². The minimum absolute atomic E-state index is 0.0927. The molecule has 2 aromatic carbocycles. The molecule has 0 spiro atoms. The van der Waals surface area contributed by atoms with Crippen molar-refractivity contribution in [2.45, 2.75) is 55.2 Å². The molecular formula is C24H30ClN5O9S2. The Morgan fingerprint density at radius 2 is 1.85 bits per heavy atom. The zero-order chi connectivity index (χ0) is 30.5. The number of amides is 1. The van der Waals surface area contributed by atoms with E-state index in [-0.39, 0.29) is 35.8 Å². The number of aliphatic carboxylic acids is 2. The summed E-state index contributed by atoms with van der Waals surface area (Å²) in [6, 6.07) is 6.57. The fourth-order valence-corrected chi connectivity index (χ4v) is 6.66. The van der Waals surface area contributed by atoms with E-state index in [1.807, 2.05) is 30.3 Å². The number of aryl methyl sites for hydroxylation is 1. The third kappa shape index (κ3) is 8.37. The number of halogens is 1. The first-order chi connectivity index (χ1) is 19.2. The summed E-state index contributed by atoms with van der Waals surface area (Å²) >= 11 is 3.51. The molecule has 1 heterocycles. The quantitative estimate of drug-likeness (QED) is 0.121. The number of carbonyl (C=O) groups is 3. The molecule has 1 fully saturated rings. The van der Waals surface area contributed by atoms with Crippen molar-refractivity contribution < 1.29 is 41.8 Å². The number of hydrogen-bond donors (Lipinski definition) is 7. The molecule has 1 aliphatic rings. The van der Waals surface area contributed by atoms with Crippen molar-refractivity contribution in [2.24, 2.45) is 0 Å². The summed E-state index contributed by atoms with van der Waals surface area (Å²) in [5.74, 6) is -3.26. The van der Waals surface area contributed by atoms with Gasteiger partial charge in [-0.3, -0.25) is 24.2 Å². The number of benzene rings is 2. The summed E-state index contributed by atoms with van der Waals surface area (Å²) in [6.45, 7) is 1.09. The van der Waals surface area contributed by atoms with Gasteiger partial charge in [0, 0.05) is 12.6 Å². The predicted octanol–water partition coefficient (Wildman–Crippen LogP) is 0.867. The van der Waals surface area contributed by atoms with E-state index in [0.717, 1.165) is 22.6 Å². The Hall–Kier alpha value is -3.28. The molecule has 0 saturated carbocycles. The number of nitrogens with one attached hydrogen (secondary N) is 3. The van der Waals surface area contributed by atoms with Crippen molar-refractivity contribution >= 4 is 62.1 Å². The van der Waals surface area contributed by atoms with Crippen LogP contribution in [0.4, 0.5) is 11.4 Å². The van der Waals surface area contributed by atoms with E-state index in [9.17, 15) is 37.2 Å². The number of carboxylic acid groups (broad SMARTS) is 2. The monoisotopic (exact) mass is 631 g/mol. The Bertz CT molecular complexity index is 1430. The Morgan fingerprint density at radius 1 is 1.20 bits per heavy atom. The molecule has 2 aromatic rings. The number of hydrogen-bond acceptors (Lipinski definition) is 8. The van der Waals surface area contributed by atoms with Crippen LogP contribution in [0.1, 0.15) is 25.3 Å². The summed E-state index contributed by atoms with van der Waals surface area (Å²) in [6.07, 6.45) is 0.322. The Balaban J connectivity index is 1.73. The normalized spacial score (nSPS) is 19.3. The number of nitrogens with two attached hydrogens (primary N) is 1. The third-order valence-electron chi connectivity index (χ3n) is 6.47. The lowest BCUT2D eigenvalue weighted by atomic mass is 10.0. The van der Waals surface area contributed by atoms with E-state index in [4.69, 9.17) is 21.9 Å². The van der Waals surface area contributed by atoms with Gasteiger partial charge in [-0.2, -0.15) is 0 Å². The predicted molar refractivity (Wildman–Crippen MR) is 151 cm³/mol. The summed E-state index contributed by atoms with van der Waals surface area (Å²) in [7, 11) is -4.41. The summed E-state index contributed by atoms with van der Waals surface area (Å²) in [5, 5.41) is 21.9. The van der Waals surface area contributed by atoms with E-state index < -0.39 is 68.2 Å². The first kappa shape index (κ1) is 32.2. The number of sulfonamides is 1. The van der Waals surface area contributed by atoms with E-state index >= 15 is 0 Å². The summed E-state index contributed by atoms with van der Waals surface area (Å²) in [4.78, 5) is 37.5.